The van der Waals surface area contributed by atoms with E-state index in [1.54, 1.807) is 0 Å². The molecule has 0 saturated carbocycles. The van der Waals surface area contributed by atoms with Gasteiger partial charge in [-0.2, -0.15) is 0 Å². The number of phosphoric ester groups is 2. The molecule has 0 aromatic heterocycles. The molecule has 108 heavy (non-hydrogen) atoms. The van der Waals surface area contributed by atoms with Gasteiger partial charge in [0.2, 0.25) is 0 Å². The van der Waals surface area contributed by atoms with Crippen molar-refractivity contribution in [1.82, 2.24) is 0 Å². The second-order valence-corrected chi connectivity index (χ2v) is 28.4. The summed E-state index contributed by atoms with van der Waals surface area (Å²) in [7, 11) is -10.0. The highest BCUT2D eigenvalue weighted by Crippen LogP contribution is 2.45. The number of unbranched alkanes of at least 4 members (excludes halogenated alkanes) is 10. The molecule has 0 amide bonds. The summed E-state index contributed by atoms with van der Waals surface area (Å²) in [5.74, 6) is -2.44. The molecule has 0 fully saturated rings. The van der Waals surface area contributed by atoms with Crippen molar-refractivity contribution < 1.29 is 80.2 Å². The molecule has 0 aliphatic heterocycles. The van der Waals surface area contributed by atoms with Gasteiger partial charge in [0, 0.05) is 25.7 Å². The zero-order chi connectivity index (χ0) is 78.9. The molecule has 0 aliphatic carbocycles. The minimum absolute atomic E-state index is 0.0193. The van der Waals surface area contributed by atoms with Gasteiger partial charge >= 0.3 is 39.5 Å². The third-order valence-corrected chi connectivity index (χ3v) is 17.3. The maximum absolute atomic E-state index is 13.1. The molecule has 0 aromatic rings. The predicted octanol–water partition coefficient (Wildman–Crippen LogP) is 23.7. The van der Waals surface area contributed by atoms with Crippen molar-refractivity contribution in [3.05, 3.63) is 219 Å². The van der Waals surface area contributed by atoms with Gasteiger partial charge in [0.1, 0.15) is 19.3 Å². The highest BCUT2D eigenvalue weighted by molar-refractivity contribution is 7.47. The molecule has 19 heteroatoms. The molecule has 0 bridgehead atoms. The monoisotopic (exact) mass is 1540 g/mol. The zero-order valence-electron chi connectivity index (χ0n) is 66.2. The third kappa shape index (κ3) is 77.5. The van der Waals surface area contributed by atoms with E-state index in [2.05, 4.69) is 210 Å². The van der Waals surface area contributed by atoms with E-state index in [1.165, 1.54) is 0 Å². The van der Waals surface area contributed by atoms with Crippen LogP contribution in [0.4, 0.5) is 0 Å². The number of ether oxygens (including phenoxy) is 4. The molecule has 0 radical (unpaired) electrons. The van der Waals surface area contributed by atoms with Crippen molar-refractivity contribution >= 4 is 39.5 Å². The first-order chi connectivity index (χ1) is 52.7. The van der Waals surface area contributed by atoms with Crippen LogP contribution >= 0.6 is 15.6 Å². The van der Waals surface area contributed by atoms with E-state index in [4.69, 9.17) is 37.0 Å². The molecule has 5 atom stereocenters. The third-order valence-electron chi connectivity index (χ3n) is 15.4. The topological polar surface area (TPSA) is 237 Å². The Hall–Kier alpha value is -6.62. The smallest absolute Gasteiger partial charge is 0.462 e. The van der Waals surface area contributed by atoms with Crippen molar-refractivity contribution in [3.63, 3.8) is 0 Å². The van der Waals surface area contributed by atoms with Crippen LogP contribution in [-0.4, -0.2) is 96.7 Å². The van der Waals surface area contributed by atoms with Gasteiger partial charge in [-0.15, -0.1) is 0 Å². The van der Waals surface area contributed by atoms with Crippen molar-refractivity contribution in [1.29, 1.82) is 0 Å². The van der Waals surface area contributed by atoms with Gasteiger partial charge < -0.3 is 33.8 Å². The lowest BCUT2D eigenvalue weighted by Gasteiger charge is -2.21. The number of carbonyl (C=O) groups is 4. The molecule has 0 aromatic carbocycles. The van der Waals surface area contributed by atoms with Crippen LogP contribution in [0.15, 0.2) is 219 Å². The van der Waals surface area contributed by atoms with E-state index in [0.29, 0.717) is 38.5 Å². The number of aliphatic hydroxyl groups excluding tert-OH is 1. The lowest BCUT2D eigenvalue weighted by atomic mass is 10.1. The Morgan fingerprint density at radius 1 is 0.269 bits per heavy atom. The van der Waals surface area contributed by atoms with Crippen molar-refractivity contribution in [2.24, 2.45) is 0 Å². The maximum Gasteiger partial charge on any atom is 0.472 e. The van der Waals surface area contributed by atoms with Crippen molar-refractivity contribution in [2.45, 2.75) is 277 Å². The minimum Gasteiger partial charge on any atom is -0.462 e. The normalized spacial score (nSPS) is 15.0. The summed E-state index contributed by atoms with van der Waals surface area (Å²) in [4.78, 5) is 73.0. The largest absolute Gasteiger partial charge is 0.472 e. The Morgan fingerprint density at radius 3 is 0.778 bits per heavy atom. The van der Waals surface area contributed by atoms with Crippen LogP contribution < -0.4 is 0 Å². The summed E-state index contributed by atoms with van der Waals surface area (Å²) in [5, 5.41) is 10.6. The number of phosphoric acid groups is 2. The van der Waals surface area contributed by atoms with Crippen LogP contribution in [0.3, 0.4) is 0 Å². The second kappa shape index (κ2) is 78.5. The highest BCUT2D eigenvalue weighted by Gasteiger charge is 2.30. The summed E-state index contributed by atoms with van der Waals surface area (Å²) in [6.45, 7) is 4.21. The molecule has 5 unspecified atom stereocenters. The van der Waals surface area contributed by atoms with Crippen LogP contribution in [0.25, 0.3) is 0 Å². The number of allylic oxidation sites excluding steroid dienone is 36. The SMILES string of the molecule is CC/C=C\C/C=C\C/C=C\C/C=C\C/C=C\C/C=C\CCC(=O)OCC(COP(=O)(O)OCC(O)COP(=O)(O)OCC(COC(=O)CC/C=C\C/C=C\C/C=C\C/C=C\C/C=C\C/C=C\CC)OC(=O)CCCCCCC/C=C\C/C=C\CCC)OC(=O)CCCCCC/C=C\C/C=C\C/C=C\C/C=C\CC. The summed E-state index contributed by atoms with van der Waals surface area (Å²) in [5.41, 5.74) is 0. The van der Waals surface area contributed by atoms with Gasteiger partial charge in [0.05, 0.1) is 26.4 Å². The first kappa shape index (κ1) is 101. The molecule has 0 heterocycles. The van der Waals surface area contributed by atoms with E-state index in [9.17, 15) is 43.2 Å². The Labute approximate surface area is 651 Å². The molecule has 0 spiro atoms. The van der Waals surface area contributed by atoms with E-state index in [0.717, 1.165) is 167 Å². The zero-order valence-corrected chi connectivity index (χ0v) is 68.0. The van der Waals surface area contributed by atoms with Gasteiger partial charge in [-0.1, -0.05) is 285 Å². The van der Waals surface area contributed by atoms with Crippen LogP contribution in [0.2, 0.25) is 0 Å². The fraction of sp³-hybridized carbons (Fsp3) is 0.551. The van der Waals surface area contributed by atoms with Crippen molar-refractivity contribution in [3.8, 4) is 0 Å². The first-order valence-electron chi connectivity index (χ1n) is 40.0. The summed E-state index contributed by atoms with van der Waals surface area (Å²) in [6, 6.07) is 0. The average molecular weight is 1540 g/mol. The fourth-order valence-electron chi connectivity index (χ4n) is 9.48. The fourth-order valence-corrected chi connectivity index (χ4v) is 11.1. The van der Waals surface area contributed by atoms with Gasteiger partial charge in [0.25, 0.3) is 0 Å². The molecular weight excluding hydrogens is 1400 g/mol. The summed E-state index contributed by atoms with van der Waals surface area (Å²) < 4.78 is 68.4. The van der Waals surface area contributed by atoms with E-state index >= 15 is 0 Å². The summed E-state index contributed by atoms with van der Waals surface area (Å²) >= 11 is 0. The van der Waals surface area contributed by atoms with Gasteiger partial charge in [-0.05, 0) is 167 Å². The van der Waals surface area contributed by atoms with Gasteiger partial charge in [0.15, 0.2) is 12.2 Å². The first-order valence-corrected chi connectivity index (χ1v) is 43.0. The Morgan fingerprint density at radius 2 is 0.500 bits per heavy atom. The number of aliphatic hydroxyl groups is 1. The molecule has 17 nitrogen and oxygen atoms in total. The van der Waals surface area contributed by atoms with Crippen LogP contribution in [0.1, 0.15) is 259 Å². The van der Waals surface area contributed by atoms with E-state index < -0.39 is 97.5 Å². The molecule has 0 saturated heterocycles. The molecule has 0 rings (SSSR count). The molecular formula is C89H138O17P2. The number of rotatable bonds is 72. The Kier molecular flexibility index (Phi) is 73.7. The standard InChI is InChI=1S/C89H138O17P2/c1-5-9-13-17-21-25-29-33-36-39-41-44-46-50-53-57-61-65-69-73-86(91)99-79-84(105-88(93)75-71-67-63-59-55-49-32-28-24-20-16-12-8-4)81-103-107(95,96)101-77-83(90)78-102-108(97,98)104-82-85(106-89(94)76-72-68-64-60-56-52-48-43-38-35-31-27-23-19-15-11-7-3)80-100-87(92)74-70-66-62-58-54-51-47-45-42-40-37-34-30-26-22-18-14-10-6-2/h9-11,13-16,20-23,25-28,32-38,41-42,44-45,48,50-54,61-62,65-66,83-85,90H,5-8,12,17-19,24,29-31,39-40,43,46-47,49,55-60,63-64,67-82H2,1-4H3,(H,95,96)(H,97,98)/b13-9-,14-10-,15-11-,20-16-,25-21-,26-22-,27-23-,32-28-,36-33-,37-34-,38-35-,44-41-,45-42-,52-48-,53-50-,54-51-,65-61-,66-62-. The quantitative estimate of drug-likeness (QED) is 0.0169. The predicted molar refractivity (Wildman–Crippen MR) is 445 cm³/mol. The van der Waals surface area contributed by atoms with Crippen LogP contribution in [0, 0.1) is 0 Å². The van der Waals surface area contributed by atoms with Crippen molar-refractivity contribution in [2.75, 3.05) is 39.6 Å². The average Bonchev–Trinajstić information content (AvgIpc) is 0.886. The van der Waals surface area contributed by atoms with E-state index in [1.807, 2.05) is 36.5 Å². The summed E-state index contributed by atoms with van der Waals surface area (Å²) in [6.07, 6.45) is 99.5. The lowest BCUT2D eigenvalue weighted by molar-refractivity contribution is -0.161. The number of esters is 4. The van der Waals surface area contributed by atoms with Gasteiger partial charge in [-0.3, -0.25) is 37.3 Å². The minimum atomic E-state index is -5.02. The maximum atomic E-state index is 13.1. The van der Waals surface area contributed by atoms with E-state index in [-0.39, 0.29) is 25.7 Å². The van der Waals surface area contributed by atoms with Gasteiger partial charge in [-0.25, -0.2) is 9.13 Å². The molecule has 0 aliphatic rings. The molecule has 606 valence electrons. The second-order valence-electron chi connectivity index (χ2n) is 25.5. The number of hydrogen-bond donors (Lipinski definition) is 3. The molecule has 3 N–H and O–H groups in total. The van der Waals surface area contributed by atoms with Crippen LogP contribution in [0.5, 0.6) is 0 Å². The number of hydrogen-bond acceptors (Lipinski definition) is 15. The number of carbonyl (C=O) groups excluding carboxylic acids is 4. The Balaban J connectivity index is 5.55. The van der Waals surface area contributed by atoms with Crippen LogP contribution in [-0.2, 0) is 65.4 Å². The lowest BCUT2D eigenvalue weighted by Crippen LogP contribution is -2.30. The Bertz CT molecular complexity index is 2910. The highest BCUT2D eigenvalue weighted by atomic mass is 31.2.